The molecule has 0 unspecified atom stereocenters. The van der Waals surface area contributed by atoms with Gasteiger partial charge < -0.3 is 15.5 Å². The molecule has 1 aliphatic heterocycles. The van der Waals surface area contributed by atoms with Crippen LogP contribution in [-0.4, -0.2) is 34.7 Å². The van der Waals surface area contributed by atoms with Gasteiger partial charge in [0.25, 0.3) is 0 Å². The molecule has 0 aliphatic carbocycles. The van der Waals surface area contributed by atoms with E-state index < -0.39 is 0 Å². The van der Waals surface area contributed by atoms with Crippen LogP contribution in [-0.2, 0) is 24.4 Å². The molecule has 7 nitrogen and oxygen atoms in total. The van der Waals surface area contributed by atoms with Crippen LogP contribution < -0.4 is 15.5 Å². The van der Waals surface area contributed by atoms with Crippen molar-refractivity contribution in [1.29, 1.82) is 0 Å². The number of carbonyl (C=O) groups excluding carboxylic acids is 1. The Morgan fingerprint density at radius 2 is 1.84 bits per heavy atom. The number of anilines is 1. The van der Waals surface area contributed by atoms with E-state index >= 15 is 0 Å². The Hall–Kier alpha value is -3.61. The molecule has 3 aromatic rings. The Morgan fingerprint density at radius 3 is 2.56 bits per heavy atom. The van der Waals surface area contributed by atoms with Crippen LogP contribution >= 0.6 is 0 Å². The molecule has 1 fully saturated rings. The van der Waals surface area contributed by atoms with Gasteiger partial charge in [-0.15, -0.1) is 0 Å². The van der Waals surface area contributed by atoms with Crippen LogP contribution in [0.3, 0.4) is 0 Å². The minimum absolute atomic E-state index is 0.213. The van der Waals surface area contributed by atoms with Gasteiger partial charge in [0.1, 0.15) is 0 Å². The van der Waals surface area contributed by atoms with Crippen LogP contribution in [0.2, 0.25) is 0 Å². The van der Waals surface area contributed by atoms with E-state index in [0.717, 1.165) is 48.8 Å². The molecular weight excluding hydrogens is 400 g/mol. The second-order valence-corrected chi connectivity index (χ2v) is 7.90. The normalized spacial score (nSPS) is 14.1. The zero-order valence-electron chi connectivity index (χ0n) is 18.5. The monoisotopic (exact) mass is 430 g/mol. The number of rotatable bonds is 8. The fourth-order valence-electron chi connectivity index (χ4n) is 3.76. The van der Waals surface area contributed by atoms with Gasteiger partial charge in [-0.25, -0.2) is 4.99 Å². The average molecular weight is 431 g/mol. The van der Waals surface area contributed by atoms with Crippen LogP contribution in [0.1, 0.15) is 36.5 Å². The van der Waals surface area contributed by atoms with Gasteiger partial charge in [-0.05, 0) is 36.6 Å². The molecule has 2 heterocycles. The minimum atomic E-state index is 0.213. The lowest BCUT2D eigenvalue weighted by Gasteiger charge is -2.16. The molecule has 1 aromatic heterocycles. The summed E-state index contributed by atoms with van der Waals surface area (Å²) < 4.78 is 1.94. The second kappa shape index (κ2) is 10.6. The molecule has 2 N–H and O–H groups in total. The van der Waals surface area contributed by atoms with Gasteiger partial charge in [-0.3, -0.25) is 9.48 Å². The van der Waals surface area contributed by atoms with Crippen molar-refractivity contribution in [3.63, 3.8) is 0 Å². The third-order valence-corrected chi connectivity index (χ3v) is 5.42. The quantitative estimate of drug-likeness (QED) is 0.425. The Kier molecular flexibility index (Phi) is 7.17. The van der Waals surface area contributed by atoms with Crippen molar-refractivity contribution >= 4 is 17.6 Å². The lowest BCUT2D eigenvalue weighted by molar-refractivity contribution is -0.117. The number of hydrogen-bond acceptors (Lipinski definition) is 3. The Balaban J connectivity index is 1.32. The third kappa shape index (κ3) is 5.75. The zero-order valence-corrected chi connectivity index (χ0v) is 18.5. The summed E-state index contributed by atoms with van der Waals surface area (Å²) in [6.07, 6.45) is 5.50. The zero-order chi connectivity index (χ0) is 22.2. The van der Waals surface area contributed by atoms with Crippen LogP contribution in [0.4, 0.5) is 5.69 Å². The van der Waals surface area contributed by atoms with Crippen molar-refractivity contribution in [3.05, 3.63) is 83.7 Å². The molecule has 7 heteroatoms. The van der Waals surface area contributed by atoms with Crippen molar-refractivity contribution in [1.82, 2.24) is 20.4 Å². The van der Waals surface area contributed by atoms with Gasteiger partial charge in [-0.1, -0.05) is 42.5 Å². The van der Waals surface area contributed by atoms with E-state index in [1.165, 1.54) is 5.56 Å². The Morgan fingerprint density at radius 1 is 1.03 bits per heavy atom. The summed E-state index contributed by atoms with van der Waals surface area (Å²) in [5, 5.41) is 11.1. The highest BCUT2D eigenvalue weighted by atomic mass is 16.2. The molecule has 32 heavy (non-hydrogen) atoms. The highest BCUT2D eigenvalue weighted by Gasteiger charge is 2.21. The first-order valence-corrected chi connectivity index (χ1v) is 11.2. The maximum absolute atomic E-state index is 11.9. The molecule has 0 atom stereocenters. The summed E-state index contributed by atoms with van der Waals surface area (Å²) in [7, 11) is 0. The summed E-state index contributed by atoms with van der Waals surface area (Å²) in [6, 6.07) is 18.5. The molecule has 166 valence electrons. The molecule has 1 saturated heterocycles. The molecule has 0 spiro atoms. The molecule has 2 aromatic carbocycles. The van der Waals surface area contributed by atoms with Gasteiger partial charge >= 0.3 is 0 Å². The number of carbonyl (C=O) groups is 1. The first-order chi connectivity index (χ1) is 15.7. The number of aromatic nitrogens is 2. The van der Waals surface area contributed by atoms with E-state index in [4.69, 9.17) is 4.99 Å². The number of aliphatic imine (C=N–C) groups is 1. The van der Waals surface area contributed by atoms with E-state index in [9.17, 15) is 4.79 Å². The Bertz CT molecular complexity index is 1040. The number of guanidine groups is 1. The maximum Gasteiger partial charge on any atom is 0.227 e. The second-order valence-electron chi connectivity index (χ2n) is 7.90. The summed E-state index contributed by atoms with van der Waals surface area (Å²) in [4.78, 5) is 18.5. The topological polar surface area (TPSA) is 74.6 Å². The van der Waals surface area contributed by atoms with Crippen molar-refractivity contribution in [2.24, 2.45) is 4.99 Å². The summed E-state index contributed by atoms with van der Waals surface area (Å²) >= 11 is 0. The molecule has 0 bridgehead atoms. The van der Waals surface area contributed by atoms with E-state index in [0.29, 0.717) is 19.5 Å². The van der Waals surface area contributed by atoms with Crippen molar-refractivity contribution in [2.75, 3.05) is 18.0 Å². The highest BCUT2D eigenvalue weighted by Crippen LogP contribution is 2.21. The van der Waals surface area contributed by atoms with Crippen LogP contribution in [0.5, 0.6) is 0 Å². The van der Waals surface area contributed by atoms with E-state index in [1.54, 1.807) is 0 Å². The van der Waals surface area contributed by atoms with Gasteiger partial charge in [0.15, 0.2) is 5.96 Å². The van der Waals surface area contributed by atoms with Crippen molar-refractivity contribution in [3.8, 4) is 0 Å². The minimum Gasteiger partial charge on any atom is -0.357 e. The Labute approximate surface area is 189 Å². The fraction of sp³-hybridized carbons (Fsp3) is 0.320. The number of nitrogens with zero attached hydrogens (tertiary/aromatic N) is 4. The lowest BCUT2D eigenvalue weighted by atomic mass is 10.2. The summed E-state index contributed by atoms with van der Waals surface area (Å²) in [6.45, 7) is 5.62. The van der Waals surface area contributed by atoms with E-state index in [1.807, 2.05) is 52.3 Å². The molecular formula is C25H30N6O. The maximum atomic E-state index is 11.9. The summed E-state index contributed by atoms with van der Waals surface area (Å²) in [5.74, 6) is 0.978. The number of amides is 1. The smallest absolute Gasteiger partial charge is 0.227 e. The highest BCUT2D eigenvalue weighted by molar-refractivity contribution is 5.95. The first kappa shape index (κ1) is 21.6. The van der Waals surface area contributed by atoms with E-state index in [-0.39, 0.29) is 5.91 Å². The molecule has 0 radical (unpaired) electrons. The number of hydrogen-bond donors (Lipinski definition) is 2. The third-order valence-electron chi connectivity index (χ3n) is 5.42. The first-order valence-electron chi connectivity index (χ1n) is 11.2. The molecule has 1 amide bonds. The van der Waals surface area contributed by atoms with Gasteiger partial charge in [0.2, 0.25) is 5.91 Å². The van der Waals surface area contributed by atoms with Gasteiger partial charge in [-0.2, -0.15) is 5.10 Å². The largest absolute Gasteiger partial charge is 0.357 e. The SMILES string of the molecule is CCNC(=NCc1cnn(Cc2ccccc2)c1)NCc1ccc(N2CCCC2=O)cc1. The van der Waals surface area contributed by atoms with Gasteiger partial charge in [0.05, 0.1) is 19.3 Å². The lowest BCUT2D eigenvalue weighted by Crippen LogP contribution is -2.36. The molecule has 0 saturated carbocycles. The predicted molar refractivity (Wildman–Crippen MR) is 127 cm³/mol. The molecule has 4 rings (SSSR count). The summed E-state index contributed by atoms with van der Waals surface area (Å²) in [5.41, 5.74) is 4.41. The fourth-order valence-corrected chi connectivity index (χ4v) is 3.76. The van der Waals surface area contributed by atoms with Crippen molar-refractivity contribution in [2.45, 2.75) is 39.4 Å². The average Bonchev–Trinajstić information content (AvgIpc) is 3.45. The van der Waals surface area contributed by atoms with Crippen LogP contribution in [0.15, 0.2) is 72.0 Å². The van der Waals surface area contributed by atoms with Crippen LogP contribution in [0, 0.1) is 0 Å². The number of nitrogens with one attached hydrogen (secondary N) is 2. The van der Waals surface area contributed by atoms with Crippen molar-refractivity contribution < 1.29 is 4.79 Å². The number of benzene rings is 2. The van der Waals surface area contributed by atoms with Crippen LogP contribution in [0.25, 0.3) is 0 Å². The van der Waals surface area contributed by atoms with E-state index in [2.05, 4.69) is 46.9 Å². The van der Waals surface area contributed by atoms with Gasteiger partial charge in [0, 0.05) is 43.5 Å². The molecule has 1 aliphatic rings. The standard InChI is InChI=1S/C25H30N6O/c1-2-26-25(27-15-20-10-12-23(13-11-20)31-14-6-9-24(31)32)28-16-22-17-29-30(19-22)18-21-7-4-3-5-8-21/h3-5,7-8,10-13,17,19H,2,6,9,14-16,18H2,1H3,(H2,26,27,28). The predicted octanol–water partition coefficient (Wildman–Crippen LogP) is 3.31.